The molecule has 3 rings (SSSR count). The Balaban J connectivity index is 1.91. The van der Waals surface area contributed by atoms with Crippen molar-refractivity contribution in [3.63, 3.8) is 0 Å². The highest BCUT2D eigenvalue weighted by Gasteiger charge is 2.41. The molecule has 1 aromatic rings. The van der Waals surface area contributed by atoms with E-state index in [0.29, 0.717) is 6.42 Å². The first kappa shape index (κ1) is 12.8. The number of hydrogen-bond donors (Lipinski definition) is 0. The van der Waals surface area contributed by atoms with Crippen LogP contribution in [0.4, 0.5) is 0 Å². The zero-order chi connectivity index (χ0) is 14.3. The Morgan fingerprint density at radius 2 is 1.70 bits per heavy atom. The summed E-state index contributed by atoms with van der Waals surface area (Å²) in [6.45, 7) is 0.222. The molecule has 1 aromatic carbocycles. The summed E-state index contributed by atoms with van der Waals surface area (Å²) in [5.41, 5.74) is 0.211. The highest BCUT2D eigenvalue weighted by molar-refractivity contribution is 7.90. The number of fused-ring (bicyclic) bond motifs is 1. The summed E-state index contributed by atoms with van der Waals surface area (Å²) in [6.07, 6.45) is 1.76. The summed E-state index contributed by atoms with van der Waals surface area (Å²) in [7, 11) is -4.30. The molecule has 2 aliphatic heterocycles. The van der Waals surface area contributed by atoms with Gasteiger partial charge in [0.2, 0.25) is 5.09 Å². The molecule has 0 fully saturated rings. The summed E-state index contributed by atoms with van der Waals surface area (Å²) >= 11 is 0. The van der Waals surface area contributed by atoms with E-state index in [0.717, 1.165) is 0 Å². The zero-order valence-corrected chi connectivity index (χ0v) is 10.9. The highest BCUT2D eigenvalue weighted by atomic mass is 32.2. The quantitative estimate of drug-likeness (QED) is 0.766. The Labute approximate surface area is 114 Å². The van der Waals surface area contributed by atoms with Crippen LogP contribution in [0.2, 0.25) is 0 Å². The molecule has 0 aliphatic carbocycles. The lowest BCUT2D eigenvalue weighted by atomic mass is 10.1. The maximum Gasteiger partial charge on any atom is 0.351 e. The Morgan fingerprint density at radius 1 is 1.10 bits per heavy atom. The van der Waals surface area contributed by atoms with E-state index in [9.17, 15) is 18.0 Å². The van der Waals surface area contributed by atoms with Crippen LogP contribution in [0.3, 0.4) is 0 Å². The fourth-order valence-corrected chi connectivity index (χ4v) is 2.89. The molecule has 104 valence electrons. The van der Waals surface area contributed by atoms with E-state index >= 15 is 0 Å². The van der Waals surface area contributed by atoms with Crippen molar-refractivity contribution in [3.8, 4) is 0 Å². The van der Waals surface area contributed by atoms with Crippen LogP contribution in [0, 0.1) is 0 Å². The van der Waals surface area contributed by atoms with E-state index in [1.165, 1.54) is 18.2 Å². The fourth-order valence-electron chi connectivity index (χ4n) is 1.94. The van der Waals surface area contributed by atoms with Crippen molar-refractivity contribution >= 4 is 21.9 Å². The van der Waals surface area contributed by atoms with Gasteiger partial charge in [0.1, 0.15) is 0 Å². The van der Waals surface area contributed by atoms with Crippen LogP contribution in [0.15, 0.2) is 35.4 Å². The van der Waals surface area contributed by atoms with Gasteiger partial charge in [-0.05, 0) is 18.2 Å². The molecule has 2 heterocycles. The summed E-state index contributed by atoms with van der Waals surface area (Å²) in [6, 6.07) is 6.00. The van der Waals surface area contributed by atoms with Crippen molar-refractivity contribution in [1.29, 1.82) is 0 Å². The number of amides is 2. The van der Waals surface area contributed by atoms with Gasteiger partial charge in [0.05, 0.1) is 17.7 Å². The molecule has 0 spiro atoms. The van der Waals surface area contributed by atoms with Crippen LogP contribution in [0.25, 0.3) is 0 Å². The maximum atomic E-state index is 12.0. The number of benzene rings is 1. The van der Waals surface area contributed by atoms with Gasteiger partial charge in [-0.15, -0.1) is 9.35 Å². The molecular weight excluding hydrogens is 286 g/mol. The zero-order valence-electron chi connectivity index (χ0n) is 10.1. The third-order valence-electron chi connectivity index (χ3n) is 2.85. The molecule has 0 saturated carbocycles. The molecule has 8 heteroatoms. The number of nitrogens with zero attached hydrogens (tertiary/aromatic N) is 1. The van der Waals surface area contributed by atoms with Gasteiger partial charge in [-0.1, -0.05) is 12.1 Å². The number of hydroxylamine groups is 2. The first-order valence-corrected chi connectivity index (χ1v) is 7.17. The molecule has 0 N–H and O–H groups in total. The SMILES string of the molecule is O=C1c2ccccc2C(=O)N1OS(=O)(=O)C1=CCCO1. The molecule has 2 aliphatic rings. The summed E-state index contributed by atoms with van der Waals surface area (Å²) < 4.78 is 33.2. The number of hydrogen-bond acceptors (Lipinski definition) is 6. The second-order valence-corrected chi connectivity index (χ2v) is 5.60. The van der Waals surface area contributed by atoms with Gasteiger partial charge in [0, 0.05) is 6.42 Å². The number of ether oxygens (including phenoxy) is 1. The smallest absolute Gasteiger partial charge is 0.351 e. The average molecular weight is 295 g/mol. The number of imide groups is 1. The van der Waals surface area contributed by atoms with Crippen LogP contribution in [-0.4, -0.2) is 31.9 Å². The van der Waals surface area contributed by atoms with Crippen LogP contribution in [0.1, 0.15) is 27.1 Å². The Kier molecular flexibility index (Phi) is 2.84. The van der Waals surface area contributed by atoms with E-state index in [1.54, 1.807) is 12.1 Å². The fraction of sp³-hybridized carbons (Fsp3) is 0.167. The summed E-state index contributed by atoms with van der Waals surface area (Å²) in [5, 5.41) is -0.142. The largest absolute Gasteiger partial charge is 0.481 e. The standard InChI is InChI=1S/C12H9NO6S/c14-11-8-4-1-2-5-9(8)12(15)13(11)19-20(16,17)10-6-3-7-18-10/h1-2,4-6H,3,7H2. The highest BCUT2D eigenvalue weighted by Crippen LogP contribution is 2.26. The number of carbonyl (C=O) groups is 2. The Hall–Kier alpha value is -2.19. The maximum absolute atomic E-state index is 12.0. The predicted octanol–water partition coefficient (Wildman–Crippen LogP) is 0.806. The Bertz CT molecular complexity index is 701. The molecule has 0 unspecified atom stereocenters. The van der Waals surface area contributed by atoms with E-state index in [-0.39, 0.29) is 27.9 Å². The van der Waals surface area contributed by atoms with Crippen molar-refractivity contribution in [2.75, 3.05) is 6.61 Å². The van der Waals surface area contributed by atoms with Gasteiger partial charge < -0.3 is 4.74 Å². The molecular formula is C12H9NO6S. The van der Waals surface area contributed by atoms with Crippen molar-refractivity contribution in [2.45, 2.75) is 6.42 Å². The third-order valence-corrected chi connectivity index (χ3v) is 3.97. The average Bonchev–Trinajstić information content (AvgIpc) is 3.04. The van der Waals surface area contributed by atoms with Gasteiger partial charge in [-0.2, -0.15) is 8.42 Å². The van der Waals surface area contributed by atoms with E-state index in [1.807, 2.05) is 0 Å². The lowest BCUT2D eigenvalue weighted by Gasteiger charge is -2.13. The van der Waals surface area contributed by atoms with Gasteiger partial charge >= 0.3 is 10.1 Å². The normalized spacial score (nSPS) is 18.0. The molecule has 0 radical (unpaired) electrons. The van der Waals surface area contributed by atoms with Gasteiger partial charge in [0.25, 0.3) is 11.8 Å². The van der Waals surface area contributed by atoms with Crippen LogP contribution < -0.4 is 0 Å². The van der Waals surface area contributed by atoms with Crippen LogP contribution >= 0.6 is 0 Å². The third kappa shape index (κ3) is 1.89. The number of carbonyl (C=O) groups excluding carboxylic acids is 2. The van der Waals surface area contributed by atoms with Crippen molar-refractivity contribution in [1.82, 2.24) is 5.06 Å². The Morgan fingerprint density at radius 3 is 2.20 bits per heavy atom. The van der Waals surface area contributed by atoms with Gasteiger partial charge in [-0.3, -0.25) is 9.59 Å². The minimum absolute atomic E-state index is 0.106. The molecule has 0 saturated heterocycles. The second kappa shape index (κ2) is 4.43. The number of rotatable bonds is 3. The van der Waals surface area contributed by atoms with Crippen LogP contribution in [-0.2, 0) is 19.1 Å². The van der Waals surface area contributed by atoms with Gasteiger partial charge in [-0.25, -0.2) is 0 Å². The van der Waals surface area contributed by atoms with Crippen molar-refractivity contribution in [3.05, 3.63) is 46.6 Å². The molecule has 7 nitrogen and oxygen atoms in total. The lowest BCUT2D eigenvalue weighted by molar-refractivity contribution is -0.0108. The monoisotopic (exact) mass is 295 g/mol. The van der Waals surface area contributed by atoms with Crippen LogP contribution in [0.5, 0.6) is 0 Å². The van der Waals surface area contributed by atoms with Crippen molar-refractivity contribution in [2.24, 2.45) is 0 Å². The lowest BCUT2D eigenvalue weighted by Crippen LogP contribution is -2.33. The minimum Gasteiger partial charge on any atom is -0.481 e. The minimum atomic E-state index is -4.30. The first-order chi connectivity index (χ1) is 9.50. The van der Waals surface area contributed by atoms with E-state index in [2.05, 4.69) is 4.28 Å². The second-order valence-electron chi connectivity index (χ2n) is 4.14. The first-order valence-electron chi connectivity index (χ1n) is 5.76. The molecule has 0 bridgehead atoms. The molecule has 20 heavy (non-hydrogen) atoms. The summed E-state index contributed by atoms with van der Waals surface area (Å²) in [4.78, 5) is 23.9. The predicted molar refractivity (Wildman–Crippen MR) is 65.6 cm³/mol. The van der Waals surface area contributed by atoms with E-state index in [4.69, 9.17) is 4.74 Å². The topological polar surface area (TPSA) is 90.0 Å². The summed E-state index contributed by atoms with van der Waals surface area (Å²) in [5.74, 6) is -1.62. The van der Waals surface area contributed by atoms with E-state index < -0.39 is 21.9 Å². The molecule has 0 aromatic heterocycles. The van der Waals surface area contributed by atoms with Gasteiger partial charge in [0.15, 0.2) is 0 Å². The van der Waals surface area contributed by atoms with Crippen molar-refractivity contribution < 1.29 is 27.0 Å². The molecule has 0 atom stereocenters. The molecule has 2 amide bonds.